The van der Waals surface area contributed by atoms with Gasteiger partial charge in [-0.05, 0) is 29.4 Å². The summed E-state index contributed by atoms with van der Waals surface area (Å²) in [5.74, 6) is -0.239. The van der Waals surface area contributed by atoms with Crippen molar-refractivity contribution in [3.63, 3.8) is 0 Å². The third kappa shape index (κ3) is 2.18. The topological polar surface area (TPSA) is 94.2 Å². The van der Waals surface area contributed by atoms with Crippen molar-refractivity contribution >= 4 is 33.6 Å². The molecule has 2 rings (SSSR count). The summed E-state index contributed by atoms with van der Waals surface area (Å²) in [5, 5.41) is 4.45. The lowest BCUT2D eigenvalue weighted by Gasteiger charge is -2.22. The van der Waals surface area contributed by atoms with Crippen LogP contribution in [0.5, 0.6) is 0 Å². The van der Waals surface area contributed by atoms with Crippen molar-refractivity contribution in [2.75, 3.05) is 5.06 Å². The number of rotatable bonds is 1. The van der Waals surface area contributed by atoms with E-state index in [9.17, 15) is 8.42 Å². The van der Waals surface area contributed by atoms with Gasteiger partial charge in [0.25, 0.3) is 5.96 Å². The van der Waals surface area contributed by atoms with Gasteiger partial charge in [0.05, 0.1) is 5.69 Å². The normalized spacial score (nSPS) is 18.8. The number of hydroxylamine groups is 1. The fraction of sp³-hybridized carbons (Fsp3) is 0. The number of oxime groups is 1. The fourth-order valence-corrected chi connectivity index (χ4v) is 1.68. The minimum absolute atomic E-state index is 0.239. The highest BCUT2D eigenvalue weighted by molar-refractivity contribution is 7.82. The highest BCUT2D eigenvalue weighted by Crippen LogP contribution is 2.21. The van der Waals surface area contributed by atoms with E-state index in [-0.39, 0.29) is 5.96 Å². The molecule has 0 saturated carbocycles. The van der Waals surface area contributed by atoms with Crippen molar-refractivity contribution in [3.8, 4) is 0 Å². The van der Waals surface area contributed by atoms with Crippen LogP contribution in [-0.2, 0) is 19.0 Å². The van der Waals surface area contributed by atoms with Crippen LogP contribution >= 0.6 is 11.6 Å². The van der Waals surface area contributed by atoms with Gasteiger partial charge in [0, 0.05) is 5.02 Å². The molecule has 0 amide bonds. The smallest absolute Gasteiger partial charge is 0.365 e. The first-order chi connectivity index (χ1) is 7.48. The van der Waals surface area contributed by atoms with Gasteiger partial charge in [-0.1, -0.05) is 11.6 Å². The Morgan fingerprint density at radius 3 is 2.56 bits per heavy atom. The van der Waals surface area contributed by atoms with E-state index < -0.39 is 10.4 Å². The molecular formula is C7H6ClN3O4S. The van der Waals surface area contributed by atoms with Gasteiger partial charge in [0.15, 0.2) is 0 Å². The van der Waals surface area contributed by atoms with Crippen molar-refractivity contribution in [3.05, 3.63) is 29.3 Å². The largest absolute Gasteiger partial charge is 0.491 e. The molecule has 16 heavy (non-hydrogen) atoms. The Morgan fingerprint density at radius 2 is 1.94 bits per heavy atom. The number of halogens is 1. The maximum atomic E-state index is 11.0. The molecule has 0 fully saturated rings. The zero-order valence-corrected chi connectivity index (χ0v) is 9.27. The summed E-state index contributed by atoms with van der Waals surface area (Å²) in [6.07, 6.45) is 0. The molecule has 1 aromatic carbocycles. The first-order valence-electron chi connectivity index (χ1n) is 4.00. The van der Waals surface area contributed by atoms with Crippen LogP contribution < -0.4 is 10.8 Å². The number of benzene rings is 1. The van der Waals surface area contributed by atoms with Gasteiger partial charge < -0.3 is 5.73 Å². The van der Waals surface area contributed by atoms with Crippen LogP contribution in [0.3, 0.4) is 0 Å². The third-order valence-corrected chi connectivity index (χ3v) is 2.50. The Morgan fingerprint density at radius 1 is 1.31 bits per heavy atom. The van der Waals surface area contributed by atoms with Gasteiger partial charge in [-0.25, -0.2) is 4.28 Å². The maximum Gasteiger partial charge on any atom is 0.491 e. The van der Waals surface area contributed by atoms with E-state index in [2.05, 4.69) is 13.7 Å². The molecule has 0 radical (unpaired) electrons. The molecule has 0 saturated heterocycles. The van der Waals surface area contributed by atoms with Crippen molar-refractivity contribution in [1.29, 1.82) is 0 Å². The van der Waals surface area contributed by atoms with E-state index in [1.165, 1.54) is 12.1 Å². The molecule has 2 N–H and O–H groups in total. The lowest BCUT2D eigenvalue weighted by atomic mass is 10.3. The van der Waals surface area contributed by atoms with Gasteiger partial charge in [0.1, 0.15) is 0 Å². The predicted molar refractivity (Wildman–Crippen MR) is 56.6 cm³/mol. The summed E-state index contributed by atoms with van der Waals surface area (Å²) in [6.45, 7) is 0. The van der Waals surface area contributed by atoms with Crippen LogP contribution in [0.1, 0.15) is 0 Å². The Kier molecular flexibility index (Phi) is 2.62. The molecule has 0 aromatic heterocycles. The van der Waals surface area contributed by atoms with Gasteiger partial charge in [-0.15, -0.1) is 4.28 Å². The molecule has 1 aliphatic rings. The quantitative estimate of drug-likeness (QED) is 0.797. The average molecular weight is 264 g/mol. The van der Waals surface area contributed by atoms with Gasteiger partial charge in [-0.2, -0.15) is 13.5 Å². The minimum Gasteiger partial charge on any atom is -0.365 e. The molecular weight excluding hydrogens is 258 g/mol. The molecule has 0 atom stereocenters. The summed E-state index contributed by atoms with van der Waals surface area (Å²) in [4.78, 5) is 0. The van der Waals surface area contributed by atoms with E-state index in [1.807, 2.05) is 0 Å². The number of hydrogen-bond acceptors (Lipinski definition) is 7. The summed E-state index contributed by atoms with van der Waals surface area (Å²) in [5.41, 5.74) is 5.76. The number of anilines is 1. The average Bonchev–Trinajstić information content (AvgIpc) is 2.23. The van der Waals surface area contributed by atoms with Crippen LogP contribution in [-0.4, -0.2) is 14.4 Å². The highest BCUT2D eigenvalue weighted by atomic mass is 35.5. The monoisotopic (exact) mass is 263 g/mol. The molecule has 0 unspecified atom stereocenters. The van der Waals surface area contributed by atoms with Crippen molar-refractivity contribution in [2.24, 2.45) is 10.9 Å². The van der Waals surface area contributed by atoms with Gasteiger partial charge in [0.2, 0.25) is 0 Å². The number of hydrogen-bond donors (Lipinski definition) is 1. The SMILES string of the molecule is NC1=NOS(=O)(=O)ON1c1ccc(Cl)cc1. The second-order valence-electron chi connectivity index (χ2n) is 2.78. The van der Waals surface area contributed by atoms with Crippen molar-refractivity contribution in [2.45, 2.75) is 0 Å². The lowest BCUT2D eigenvalue weighted by Crippen LogP contribution is -2.42. The summed E-state index contributed by atoms with van der Waals surface area (Å²) in [6, 6.07) is 6.14. The second kappa shape index (κ2) is 3.81. The molecule has 1 aromatic rings. The molecule has 7 nitrogen and oxygen atoms in total. The third-order valence-electron chi connectivity index (χ3n) is 1.66. The van der Waals surface area contributed by atoms with E-state index in [0.29, 0.717) is 10.7 Å². The van der Waals surface area contributed by atoms with Crippen molar-refractivity contribution in [1.82, 2.24) is 0 Å². The van der Waals surface area contributed by atoms with Gasteiger partial charge in [-0.3, -0.25) is 0 Å². The predicted octanol–water partition coefficient (Wildman–Crippen LogP) is 0.583. The molecule has 0 spiro atoms. The van der Waals surface area contributed by atoms with Crippen molar-refractivity contribution < 1.29 is 17.0 Å². The highest BCUT2D eigenvalue weighted by Gasteiger charge is 2.28. The standard InChI is InChI=1S/C7H6ClN3O4S/c8-5-1-3-6(4-2-5)11-7(9)10-14-16(12,13)15-11/h1-4H,(H2,9,10). The maximum absolute atomic E-state index is 11.0. The molecule has 0 bridgehead atoms. The Labute approximate surface area is 96.3 Å². The Hall–Kier alpha value is -1.51. The van der Waals surface area contributed by atoms with Crippen LogP contribution in [0.4, 0.5) is 5.69 Å². The molecule has 1 aliphatic heterocycles. The Bertz CT molecular complexity index is 527. The van der Waals surface area contributed by atoms with E-state index in [0.717, 1.165) is 5.06 Å². The molecule has 9 heteroatoms. The Balaban J connectivity index is 2.37. The molecule has 86 valence electrons. The van der Waals surface area contributed by atoms with Gasteiger partial charge >= 0.3 is 10.4 Å². The summed E-state index contributed by atoms with van der Waals surface area (Å²) < 4.78 is 30.4. The number of nitrogens with zero attached hydrogens (tertiary/aromatic N) is 2. The summed E-state index contributed by atoms with van der Waals surface area (Å²) >= 11 is 5.68. The van der Waals surface area contributed by atoms with Crippen LogP contribution in [0.15, 0.2) is 29.4 Å². The number of nitrogens with two attached hydrogens (primary N) is 1. The minimum atomic E-state index is -4.20. The van der Waals surface area contributed by atoms with E-state index in [1.54, 1.807) is 12.1 Å². The summed E-state index contributed by atoms with van der Waals surface area (Å²) in [7, 11) is -4.20. The van der Waals surface area contributed by atoms with E-state index in [4.69, 9.17) is 17.3 Å². The van der Waals surface area contributed by atoms with E-state index >= 15 is 0 Å². The fourth-order valence-electron chi connectivity index (χ4n) is 1.02. The van der Waals surface area contributed by atoms with Crippen LogP contribution in [0.2, 0.25) is 5.02 Å². The molecule has 0 aliphatic carbocycles. The van der Waals surface area contributed by atoms with Crippen LogP contribution in [0.25, 0.3) is 0 Å². The zero-order valence-electron chi connectivity index (χ0n) is 7.70. The van der Waals surface area contributed by atoms with Crippen LogP contribution in [0, 0.1) is 0 Å². The number of guanidine groups is 1. The first kappa shape index (κ1) is 11.0. The second-order valence-corrected chi connectivity index (χ2v) is 4.33. The lowest BCUT2D eigenvalue weighted by molar-refractivity contribution is 0.202. The zero-order chi connectivity index (χ0) is 11.8. The molecule has 1 heterocycles. The first-order valence-corrected chi connectivity index (χ1v) is 5.71.